The molecule has 1 amide bonds. The summed E-state index contributed by atoms with van der Waals surface area (Å²) in [4.78, 5) is 18.2. The summed E-state index contributed by atoms with van der Waals surface area (Å²) < 4.78 is 0. The molecule has 3 aliphatic rings. The van der Waals surface area contributed by atoms with Crippen LogP contribution in [0, 0.1) is 5.92 Å². The van der Waals surface area contributed by atoms with Gasteiger partial charge in [-0.15, -0.1) is 0 Å². The fourth-order valence-corrected chi connectivity index (χ4v) is 5.93. The second-order valence-corrected chi connectivity index (χ2v) is 9.26. The van der Waals surface area contributed by atoms with E-state index in [1.807, 2.05) is 18.2 Å². The zero-order chi connectivity index (χ0) is 19.7. The second kappa shape index (κ2) is 7.95. The van der Waals surface area contributed by atoms with E-state index in [1.54, 1.807) is 0 Å². The van der Waals surface area contributed by atoms with Gasteiger partial charge >= 0.3 is 0 Å². The van der Waals surface area contributed by atoms with Crippen molar-refractivity contribution in [1.82, 2.24) is 9.80 Å². The van der Waals surface area contributed by atoms with Crippen LogP contribution in [0.5, 0.6) is 0 Å². The summed E-state index contributed by atoms with van der Waals surface area (Å²) >= 11 is 0. The first-order valence-electron chi connectivity index (χ1n) is 11.4. The van der Waals surface area contributed by atoms with Crippen LogP contribution < -0.4 is 0 Å². The van der Waals surface area contributed by atoms with E-state index in [1.165, 1.54) is 49.8 Å². The number of likely N-dealkylation sites (tertiary alicyclic amines) is 1. The molecule has 0 N–H and O–H groups in total. The van der Waals surface area contributed by atoms with Crippen molar-refractivity contribution < 1.29 is 4.79 Å². The number of hydrogen-bond donors (Lipinski definition) is 0. The lowest BCUT2D eigenvalue weighted by atomic mass is 9.80. The maximum absolute atomic E-state index is 13.4. The minimum absolute atomic E-state index is 0.132. The van der Waals surface area contributed by atoms with Crippen molar-refractivity contribution in [1.29, 1.82) is 0 Å². The van der Waals surface area contributed by atoms with Crippen molar-refractivity contribution in [3.05, 3.63) is 71.3 Å². The molecule has 29 heavy (non-hydrogen) atoms. The Bertz CT molecular complexity index is 848. The first-order chi connectivity index (χ1) is 14.3. The highest BCUT2D eigenvalue weighted by molar-refractivity contribution is 6.00. The molecule has 0 atom stereocenters. The van der Waals surface area contributed by atoms with E-state index >= 15 is 0 Å². The quantitative estimate of drug-likeness (QED) is 0.717. The molecule has 3 nitrogen and oxygen atoms in total. The second-order valence-electron chi connectivity index (χ2n) is 9.26. The zero-order valence-corrected chi connectivity index (χ0v) is 17.4. The molecule has 2 aromatic rings. The predicted octanol–water partition coefficient (Wildman–Crippen LogP) is 5.21. The number of piperidine rings is 1. The molecule has 0 unspecified atom stereocenters. The smallest absolute Gasteiger partial charge is 0.255 e. The van der Waals surface area contributed by atoms with Gasteiger partial charge in [-0.25, -0.2) is 0 Å². The Morgan fingerprint density at radius 3 is 2.31 bits per heavy atom. The van der Waals surface area contributed by atoms with E-state index in [4.69, 9.17) is 0 Å². The molecule has 1 saturated heterocycles. The first-order valence-corrected chi connectivity index (χ1v) is 11.4. The molecule has 1 saturated carbocycles. The molecular formula is C26H32N2O. The van der Waals surface area contributed by atoms with E-state index in [2.05, 4.69) is 46.2 Å². The fraction of sp³-hybridized carbons (Fsp3) is 0.500. The Kier molecular flexibility index (Phi) is 5.17. The van der Waals surface area contributed by atoms with Crippen LogP contribution in [0.25, 0.3) is 0 Å². The third kappa shape index (κ3) is 3.50. The minimum atomic E-state index is -0.132. The highest BCUT2D eigenvalue weighted by Gasteiger charge is 2.50. The molecule has 1 aliphatic carbocycles. The van der Waals surface area contributed by atoms with Crippen molar-refractivity contribution in [3.63, 3.8) is 0 Å². The van der Waals surface area contributed by atoms with Gasteiger partial charge in [0.15, 0.2) is 0 Å². The van der Waals surface area contributed by atoms with E-state index < -0.39 is 0 Å². The van der Waals surface area contributed by atoms with Gasteiger partial charge in [0.2, 0.25) is 0 Å². The van der Waals surface area contributed by atoms with Crippen LogP contribution in [-0.4, -0.2) is 35.3 Å². The summed E-state index contributed by atoms with van der Waals surface area (Å²) in [6, 6.07) is 18.8. The summed E-state index contributed by atoms with van der Waals surface area (Å²) in [5.41, 5.74) is 3.27. The van der Waals surface area contributed by atoms with Gasteiger partial charge in [0, 0.05) is 31.7 Å². The maximum Gasteiger partial charge on any atom is 0.255 e. The SMILES string of the molecule is O=C1c2ccccc2C2(CCN(CC3CCCCC3)CC2)N1Cc1ccccc1. The highest BCUT2D eigenvalue weighted by atomic mass is 16.2. The summed E-state index contributed by atoms with van der Waals surface area (Å²) in [5.74, 6) is 1.10. The average Bonchev–Trinajstić information content (AvgIpc) is 3.00. The minimum Gasteiger partial charge on any atom is -0.324 e. The third-order valence-corrected chi connectivity index (χ3v) is 7.53. The number of fused-ring (bicyclic) bond motifs is 2. The zero-order valence-electron chi connectivity index (χ0n) is 17.4. The van der Waals surface area contributed by atoms with Crippen LogP contribution in [0.2, 0.25) is 0 Å². The van der Waals surface area contributed by atoms with Gasteiger partial charge in [-0.1, -0.05) is 67.8 Å². The molecule has 1 spiro atoms. The van der Waals surface area contributed by atoms with E-state index in [-0.39, 0.29) is 11.4 Å². The fourth-order valence-electron chi connectivity index (χ4n) is 5.93. The number of carbonyl (C=O) groups is 1. The molecule has 0 aromatic heterocycles. The van der Waals surface area contributed by atoms with Crippen LogP contribution in [0.3, 0.4) is 0 Å². The molecule has 2 aromatic carbocycles. The van der Waals surface area contributed by atoms with Gasteiger partial charge in [0.1, 0.15) is 0 Å². The van der Waals surface area contributed by atoms with E-state index in [0.717, 1.165) is 37.4 Å². The summed E-state index contributed by atoms with van der Waals surface area (Å²) in [6.45, 7) is 4.16. The monoisotopic (exact) mass is 388 g/mol. The van der Waals surface area contributed by atoms with Gasteiger partial charge in [-0.05, 0) is 48.8 Å². The molecule has 2 heterocycles. The van der Waals surface area contributed by atoms with Gasteiger partial charge in [-0.2, -0.15) is 0 Å². The number of rotatable bonds is 4. The first kappa shape index (κ1) is 18.9. The van der Waals surface area contributed by atoms with Crippen LogP contribution in [-0.2, 0) is 12.1 Å². The number of carbonyl (C=O) groups excluding carboxylic acids is 1. The molecule has 152 valence electrons. The number of amides is 1. The molecule has 0 bridgehead atoms. The Labute approximate surface area is 174 Å². The molecule has 5 rings (SSSR count). The van der Waals surface area contributed by atoms with Crippen LogP contribution in [0.1, 0.15) is 66.4 Å². The lowest BCUT2D eigenvalue weighted by Crippen LogP contribution is -2.51. The summed E-state index contributed by atoms with van der Waals surface area (Å²) in [5, 5.41) is 0. The van der Waals surface area contributed by atoms with Crippen LogP contribution in [0.4, 0.5) is 0 Å². The lowest BCUT2D eigenvalue weighted by Gasteiger charge is -2.46. The maximum atomic E-state index is 13.4. The standard InChI is InChI=1S/C26H32N2O/c29-25-23-13-7-8-14-24(23)26(28(25)20-22-11-5-2-6-12-22)15-17-27(18-16-26)19-21-9-3-1-4-10-21/h2,5-8,11-14,21H,1,3-4,9-10,15-20H2. The number of benzene rings is 2. The Morgan fingerprint density at radius 2 is 1.55 bits per heavy atom. The lowest BCUT2D eigenvalue weighted by molar-refractivity contribution is 0.0191. The average molecular weight is 389 g/mol. The Morgan fingerprint density at radius 1 is 0.862 bits per heavy atom. The van der Waals surface area contributed by atoms with Crippen molar-refractivity contribution in [2.75, 3.05) is 19.6 Å². The summed E-state index contributed by atoms with van der Waals surface area (Å²) in [6.07, 6.45) is 9.16. The number of nitrogens with zero attached hydrogens (tertiary/aromatic N) is 2. The van der Waals surface area contributed by atoms with Crippen molar-refractivity contribution in [3.8, 4) is 0 Å². The molecular weight excluding hydrogens is 356 g/mol. The van der Waals surface area contributed by atoms with Crippen molar-refractivity contribution in [2.24, 2.45) is 5.92 Å². The van der Waals surface area contributed by atoms with E-state index in [9.17, 15) is 4.79 Å². The highest BCUT2D eigenvalue weighted by Crippen LogP contribution is 2.47. The molecule has 2 aliphatic heterocycles. The summed E-state index contributed by atoms with van der Waals surface area (Å²) in [7, 11) is 0. The predicted molar refractivity (Wildman–Crippen MR) is 117 cm³/mol. The van der Waals surface area contributed by atoms with Gasteiger partial charge in [0.05, 0.1) is 5.54 Å². The van der Waals surface area contributed by atoms with Gasteiger partial charge in [0.25, 0.3) is 5.91 Å². The molecule has 3 heteroatoms. The van der Waals surface area contributed by atoms with Crippen LogP contribution >= 0.6 is 0 Å². The van der Waals surface area contributed by atoms with Gasteiger partial charge < -0.3 is 9.80 Å². The van der Waals surface area contributed by atoms with Gasteiger partial charge in [-0.3, -0.25) is 4.79 Å². The van der Waals surface area contributed by atoms with Crippen LogP contribution in [0.15, 0.2) is 54.6 Å². The van der Waals surface area contributed by atoms with E-state index in [0.29, 0.717) is 6.54 Å². The normalized spacial score (nSPS) is 22.2. The molecule has 2 fully saturated rings. The third-order valence-electron chi connectivity index (χ3n) is 7.53. The number of hydrogen-bond acceptors (Lipinski definition) is 2. The van der Waals surface area contributed by atoms with Crippen molar-refractivity contribution in [2.45, 2.75) is 57.0 Å². The van der Waals surface area contributed by atoms with Crippen molar-refractivity contribution >= 4 is 5.91 Å². The molecule has 0 radical (unpaired) electrons. The Hall–Kier alpha value is -2.13. The Balaban J connectivity index is 1.38. The largest absolute Gasteiger partial charge is 0.324 e. The topological polar surface area (TPSA) is 23.6 Å².